The van der Waals surface area contributed by atoms with Gasteiger partial charge in [0.2, 0.25) is 0 Å². The fourth-order valence-corrected chi connectivity index (χ4v) is 2.84. The van der Waals surface area contributed by atoms with E-state index in [0.717, 1.165) is 18.5 Å². The molecule has 3 rings (SSSR count). The van der Waals surface area contributed by atoms with E-state index in [4.69, 9.17) is 0 Å². The molecule has 0 aliphatic carbocycles. The third-order valence-corrected chi connectivity index (χ3v) is 4.05. The molecule has 0 saturated carbocycles. The van der Waals surface area contributed by atoms with Gasteiger partial charge < -0.3 is 15.0 Å². The Bertz CT molecular complexity index is 670. The molecule has 1 aromatic heterocycles. The number of halogens is 2. The van der Waals surface area contributed by atoms with Crippen LogP contribution in [0.4, 0.5) is 19.3 Å². The summed E-state index contributed by atoms with van der Waals surface area (Å²) in [5.74, 6) is 0.389. The number of carbonyl (C=O) groups is 1. The molecule has 1 fully saturated rings. The number of H-pyrrole nitrogens is 1. The number of likely N-dealkylation sites (tertiary alicyclic amines) is 1. The van der Waals surface area contributed by atoms with Gasteiger partial charge >= 0.3 is 12.6 Å². The minimum atomic E-state index is -2.89. The smallest absolute Gasteiger partial charge is 0.387 e. The summed E-state index contributed by atoms with van der Waals surface area (Å²) in [5.41, 5.74) is 1.51. The normalized spacial score (nSPS) is 15.5. The second-order valence-electron chi connectivity index (χ2n) is 5.61. The van der Waals surface area contributed by atoms with Crippen molar-refractivity contribution in [3.63, 3.8) is 0 Å². The Morgan fingerprint density at radius 2 is 2.12 bits per heavy atom. The van der Waals surface area contributed by atoms with Gasteiger partial charge in [-0.25, -0.2) is 4.79 Å². The number of anilines is 1. The van der Waals surface area contributed by atoms with Gasteiger partial charge in [-0.2, -0.15) is 13.9 Å². The molecule has 1 saturated heterocycles. The number of urea groups is 1. The van der Waals surface area contributed by atoms with Gasteiger partial charge in [0.15, 0.2) is 0 Å². The Balaban J connectivity index is 1.54. The van der Waals surface area contributed by atoms with Gasteiger partial charge in [0.1, 0.15) is 5.75 Å². The predicted octanol–water partition coefficient (Wildman–Crippen LogP) is 3.42. The number of nitrogens with zero attached hydrogens (tertiary/aromatic N) is 2. The maximum atomic E-state index is 12.3. The lowest BCUT2D eigenvalue weighted by molar-refractivity contribution is -0.0497. The molecule has 0 atom stereocenters. The Morgan fingerprint density at radius 1 is 1.33 bits per heavy atom. The van der Waals surface area contributed by atoms with Crippen molar-refractivity contribution in [3.8, 4) is 5.75 Å². The number of alkyl halides is 2. The molecular weight excluding hydrogens is 318 g/mol. The van der Waals surface area contributed by atoms with E-state index in [0.29, 0.717) is 24.7 Å². The number of hydrogen-bond acceptors (Lipinski definition) is 3. The molecule has 128 valence electrons. The Hall–Kier alpha value is -2.64. The van der Waals surface area contributed by atoms with Gasteiger partial charge in [-0.1, -0.05) is 6.07 Å². The highest BCUT2D eigenvalue weighted by atomic mass is 19.3. The summed E-state index contributed by atoms with van der Waals surface area (Å²) in [6.45, 7) is -1.64. The highest BCUT2D eigenvalue weighted by Gasteiger charge is 2.24. The summed E-state index contributed by atoms with van der Waals surface area (Å²) < 4.78 is 28.8. The quantitative estimate of drug-likeness (QED) is 0.899. The molecule has 0 radical (unpaired) electrons. The molecule has 24 heavy (non-hydrogen) atoms. The zero-order chi connectivity index (χ0) is 16.9. The van der Waals surface area contributed by atoms with Crippen molar-refractivity contribution >= 4 is 11.7 Å². The van der Waals surface area contributed by atoms with Crippen molar-refractivity contribution in [2.45, 2.75) is 25.4 Å². The lowest BCUT2D eigenvalue weighted by Gasteiger charge is -2.31. The van der Waals surface area contributed by atoms with Crippen LogP contribution in [0.2, 0.25) is 0 Å². The molecule has 0 bridgehead atoms. The van der Waals surface area contributed by atoms with E-state index in [1.54, 1.807) is 23.2 Å². The Labute approximate surface area is 137 Å². The number of rotatable bonds is 4. The second-order valence-corrected chi connectivity index (χ2v) is 5.61. The molecule has 2 N–H and O–H groups in total. The van der Waals surface area contributed by atoms with E-state index < -0.39 is 6.61 Å². The average molecular weight is 336 g/mol. The maximum Gasteiger partial charge on any atom is 0.387 e. The first-order valence-corrected chi connectivity index (χ1v) is 7.72. The van der Waals surface area contributed by atoms with E-state index in [2.05, 4.69) is 20.3 Å². The van der Waals surface area contributed by atoms with Crippen molar-refractivity contribution in [2.24, 2.45) is 0 Å². The van der Waals surface area contributed by atoms with Crippen LogP contribution in [0, 0.1) is 0 Å². The van der Waals surface area contributed by atoms with Crippen molar-refractivity contribution in [3.05, 3.63) is 42.2 Å². The topological polar surface area (TPSA) is 70.2 Å². The predicted molar refractivity (Wildman–Crippen MR) is 84.2 cm³/mol. The summed E-state index contributed by atoms with van der Waals surface area (Å²) >= 11 is 0. The number of aromatic nitrogens is 2. The summed E-state index contributed by atoms with van der Waals surface area (Å²) in [6.07, 6.45) is 3.43. The van der Waals surface area contributed by atoms with Gasteiger partial charge in [-0.3, -0.25) is 5.10 Å². The van der Waals surface area contributed by atoms with Crippen LogP contribution in [0.5, 0.6) is 5.75 Å². The molecule has 1 aliphatic heterocycles. The van der Waals surface area contributed by atoms with Gasteiger partial charge in [-0.05, 0) is 31.0 Å². The number of amides is 2. The molecule has 1 aliphatic rings. The van der Waals surface area contributed by atoms with Crippen molar-refractivity contribution in [2.75, 3.05) is 18.4 Å². The molecule has 6 nitrogen and oxygen atoms in total. The van der Waals surface area contributed by atoms with Crippen LogP contribution in [0.15, 0.2) is 36.5 Å². The zero-order valence-corrected chi connectivity index (χ0v) is 12.9. The molecule has 0 spiro atoms. The maximum absolute atomic E-state index is 12.3. The Kier molecular flexibility index (Phi) is 4.93. The zero-order valence-electron chi connectivity index (χ0n) is 12.9. The highest BCUT2D eigenvalue weighted by Crippen LogP contribution is 2.27. The third kappa shape index (κ3) is 4.01. The minimum absolute atomic E-state index is 0.0146. The summed E-state index contributed by atoms with van der Waals surface area (Å²) in [7, 11) is 0. The van der Waals surface area contributed by atoms with E-state index in [9.17, 15) is 13.6 Å². The van der Waals surface area contributed by atoms with Gasteiger partial charge in [0, 0.05) is 42.7 Å². The molecule has 8 heteroatoms. The summed E-state index contributed by atoms with van der Waals surface area (Å²) in [4.78, 5) is 14.0. The third-order valence-electron chi connectivity index (χ3n) is 4.05. The van der Waals surface area contributed by atoms with Gasteiger partial charge in [0.05, 0.1) is 0 Å². The standard InChI is InChI=1S/C16H18F2N4O2/c17-15(18)24-13-3-1-2-12(10-13)20-16(23)22-8-5-11(6-9-22)14-4-7-19-21-14/h1-4,7,10-11,15H,5-6,8-9H2,(H,19,21)(H,20,23). The van der Waals surface area contributed by atoms with Crippen LogP contribution in [0.25, 0.3) is 0 Å². The number of nitrogens with one attached hydrogen (secondary N) is 2. The first-order valence-electron chi connectivity index (χ1n) is 7.72. The molecule has 2 amide bonds. The highest BCUT2D eigenvalue weighted by molar-refractivity contribution is 5.89. The monoisotopic (exact) mass is 336 g/mol. The number of benzene rings is 1. The first kappa shape index (κ1) is 16.2. The van der Waals surface area contributed by atoms with Gasteiger partial charge in [0.25, 0.3) is 0 Å². The Morgan fingerprint density at radius 3 is 2.79 bits per heavy atom. The van der Waals surface area contributed by atoms with Gasteiger partial charge in [-0.15, -0.1) is 0 Å². The van der Waals surface area contributed by atoms with E-state index >= 15 is 0 Å². The molecule has 0 unspecified atom stereocenters. The second kappa shape index (κ2) is 7.29. The van der Waals surface area contributed by atoms with Crippen LogP contribution >= 0.6 is 0 Å². The number of carbonyl (C=O) groups excluding carboxylic acids is 1. The van der Waals surface area contributed by atoms with Crippen LogP contribution < -0.4 is 10.1 Å². The van der Waals surface area contributed by atoms with Crippen LogP contribution in [0.1, 0.15) is 24.5 Å². The van der Waals surface area contributed by atoms with E-state index in [-0.39, 0.29) is 11.8 Å². The fraction of sp³-hybridized carbons (Fsp3) is 0.375. The number of piperidine rings is 1. The van der Waals surface area contributed by atoms with Crippen LogP contribution in [-0.2, 0) is 0 Å². The lowest BCUT2D eigenvalue weighted by atomic mass is 9.94. The van der Waals surface area contributed by atoms with Crippen LogP contribution in [0.3, 0.4) is 0 Å². The molecular formula is C16H18F2N4O2. The number of ether oxygens (including phenoxy) is 1. The number of hydrogen-bond donors (Lipinski definition) is 2. The molecule has 1 aromatic carbocycles. The van der Waals surface area contributed by atoms with Crippen molar-refractivity contribution in [1.82, 2.24) is 15.1 Å². The fourth-order valence-electron chi connectivity index (χ4n) is 2.84. The lowest BCUT2D eigenvalue weighted by Crippen LogP contribution is -2.40. The van der Waals surface area contributed by atoms with E-state index in [1.165, 1.54) is 12.1 Å². The summed E-state index contributed by atoms with van der Waals surface area (Å²) in [6, 6.07) is 7.69. The van der Waals surface area contributed by atoms with E-state index in [1.807, 2.05) is 6.07 Å². The SMILES string of the molecule is O=C(Nc1cccc(OC(F)F)c1)N1CCC(c2ccn[nH]2)CC1. The van der Waals surface area contributed by atoms with Crippen LogP contribution in [-0.4, -0.2) is 40.8 Å². The molecule has 2 aromatic rings. The van der Waals surface area contributed by atoms with Crippen molar-refractivity contribution in [1.29, 1.82) is 0 Å². The summed E-state index contributed by atoms with van der Waals surface area (Å²) in [5, 5.41) is 9.64. The first-order chi connectivity index (χ1) is 11.6. The largest absolute Gasteiger partial charge is 0.435 e. The van der Waals surface area contributed by atoms with Crippen molar-refractivity contribution < 1.29 is 18.3 Å². The number of aromatic amines is 1. The minimum Gasteiger partial charge on any atom is -0.435 e. The molecule has 2 heterocycles. The average Bonchev–Trinajstić information content (AvgIpc) is 3.09.